The first-order valence-electron chi connectivity index (χ1n) is 4.68. The molecule has 1 heterocycles. The van der Waals surface area contributed by atoms with E-state index in [4.69, 9.17) is 11.6 Å². The average Bonchev–Trinajstić information content (AvgIpc) is 2.62. The Morgan fingerprint density at radius 1 is 1.50 bits per heavy atom. The summed E-state index contributed by atoms with van der Waals surface area (Å²) in [4.78, 5) is 0. The minimum atomic E-state index is 0.508. The molecule has 14 heavy (non-hydrogen) atoms. The highest BCUT2D eigenvalue weighted by Crippen LogP contribution is 2.26. The molecule has 0 radical (unpaired) electrons. The van der Waals surface area contributed by atoms with Gasteiger partial charge in [0.1, 0.15) is 0 Å². The molecule has 1 saturated heterocycles. The highest BCUT2D eigenvalue weighted by molar-refractivity contribution is 9.10. The topological polar surface area (TPSA) is 24.1 Å². The fourth-order valence-corrected chi connectivity index (χ4v) is 2.33. The Balaban J connectivity index is 2.08. The summed E-state index contributed by atoms with van der Waals surface area (Å²) in [6, 6.07) is 6.42. The van der Waals surface area contributed by atoms with Crippen LogP contribution in [-0.2, 0) is 0 Å². The van der Waals surface area contributed by atoms with Crippen LogP contribution in [0, 0.1) is 0 Å². The molecule has 2 N–H and O–H groups in total. The fraction of sp³-hybridized carbons (Fsp3) is 0.400. The lowest BCUT2D eigenvalue weighted by Crippen LogP contribution is -2.22. The van der Waals surface area contributed by atoms with Gasteiger partial charge in [-0.15, -0.1) is 0 Å². The van der Waals surface area contributed by atoms with Crippen LogP contribution in [-0.4, -0.2) is 19.1 Å². The van der Waals surface area contributed by atoms with Crippen molar-refractivity contribution in [1.82, 2.24) is 5.32 Å². The zero-order chi connectivity index (χ0) is 9.97. The Bertz CT molecular complexity index is 324. The second-order valence-corrected chi connectivity index (χ2v) is 4.78. The molecular weight excluding hydrogens is 263 g/mol. The number of hydrogen-bond acceptors (Lipinski definition) is 2. The van der Waals surface area contributed by atoms with Crippen molar-refractivity contribution in [2.24, 2.45) is 0 Å². The van der Waals surface area contributed by atoms with Crippen molar-refractivity contribution in [3.8, 4) is 0 Å². The van der Waals surface area contributed by atoms with Gasteiger partial charge in [-0.05, 0) is 31.2 Å². The second kappa shape index (κ2) is 4.51. The number of anilines is 1. The maximum absolute atomic E-state index is 6.10. The largest absolute Gasteiger partial charge is 0.380 e. The van der Waals surface area contributed by atoms with Gasteiger partial charge in [0, 0.05) is 17.1 Å². The Morgan fingerprint density at radius 3 is 3.00 bits per heavy atom. The summed E-state index contributed by atoms with van der Waals surface area (Å²) < 4.78 is 1.01. The van der Waals surface area contributed by atoms with Crippen molar-refractivity contribution in [2.45, 2.75) is 12.5 Å². The summed E-state index contributed by atoms with van der Waals surface area (Å²) in [5, 5.41) is 7.50. The van der Waals surface area contributed by atoms with Crippen LogP contribution in [0.1, 0.15) is 6.42 Å². The van der Waals surface area contributed by atoms with Crippen LogP contribution >= 0.6 is 27.5 Å². The van der Waals surface area contributed by atoms with Gasteiger partial charge in [-0.1, -0.05) is 27.5 Å². The lowest BCUT2D eigenvalue weighted by atomic mass is 10.2. The lowest BCUT2D eigenvalue weighted by molar-refractivity contribution is 0.793. The van der Waals surface area contributed by atoms with Gasteiger partial charge in [0.05, 0.1) is 10.7 Å². The van der Waals surface area contributed by atoms with E-state index in [0.717, 1.165) is 34.7 Å². The first kappa shape index (κ1) is 10.3. The zero-order valence-corrected chi connectivity index (χ0v) is 10.0. The number of hydrogen-bond donors (Lipinski definition) is 2. The Kier molecular flexibility index (Phi) is 3.31. The van der Waals surface area contributed by atoms with Crippen molar-refractivity contribution < 1.29 is 0 Å². The molecule has 1 aromatic rings. The summed E-state index contributed by atoms with van der Waals surface area (Å²) in [6.07, 6.45) is 1.16. The smallest absolute Gasteiger partial charge is 0.0648 e. The molecule has 0 bridgehead atoms. The lowest BCUT2D eigenvalue weighted by Gasteiger charge is -2.14. The van der Waals surface area contributed by atoms with Crippen molar-refractivity contribution in [2.75, 3.05) is 18.4 Å². The van der Waals surface area contributed by atoms with Crippen LogP contribution in [0.4, 0.5) is 5.69 Å². The molecule has 1 aliphatic rings. The summed E-state index contributed by atoms with van der Waals surface area (Å²) in [5.74, 6) is 0. The van der Waals surface area contributed by atoms with Gasteiger partial charge in [0.25, 0.3) is 0 Å². The van der Waals surface area contributed by atoms with Crippen molar-refractivity contribution in [3.05, 3.63) is 27.7 Å². The van der Waals surface area contributed by atoms with E-state index in [1.807, 2.05) is 18.2 Å². The van der Waals surface area contributed by atoms with Gasteiger partial charge in [-0.3, -0.25) is 0 Å². The second-order valence-electron chi connectivity index (χ2n) is 3.46. The van der Waals surface area contributed by atoms with Gasteiger partial charge in [-0.25, -0.2) is 0 Å². The van der Waals surface area contributed by atoms with E-state index in [2.05, 4.69) is 26.6 Å². The average molecular weight is 276 g/mol. The summed E-state index contributed by atoms with van der Waals surface area (Å²) in [7, 11) is 0. The number of benzene rings is 1. The van der Waals surface area contributed by atoms with E-state index in [-0.39, 0.29) is 0 Å². The third-order valence-electron chi connectivity index (χ3n) is 2.35. The number of halogens is 2. The molecule has 0 spiro atoms. The minimum Gasteiger partial charge on any atom is -0.380 e. The predicted molar refractivity (Wildman–Crippen MR) is 64.0 cm³/mol. The third-order valence-corrected chi connectivity index (χ3v) is 3.16. The highest BCUT2D eigenvalue weighted by Gasteiger charge is 2.14. The predicted octanol–water partition coefficient (Wildman–Crippen LogP) is 2.88. The SMILES string of the molecule is Clc1cc(Br)ccc1NC1CCNC1. The van der Waals surface area contributed by atoms with E-state index >= 15 is 0 Å². The fourth-order valence-electron chi connectivity index (χ4n) is 1.60. The normalized spacial score (nSPS) is 21.1. The summed E-state index contributed by atoms with van der Waals surface area (Å²) in [6.45, 7) is 2.11. The Hall–Kier alpha value is -0.250. The minimum absolute atomic E-state index is 0.508. The first-order valence-corrected chi connectivity index (χ1v) is 5.85. The number of nitrogens with one attached hydrogen (secondary N) is 2. The van der Waals surface area contributed by atoms with Gasteiger partial charge < -0.3 is 10.6 Å². The Labute approximate surface area is 97.2 Å². The van der Waals surface area contributed by atoms with Gasteiger partial charge in [0.15, 0.2) is 0 Å². The quantitative estimate of drug-likeness (QED) is 0.867. The molecule has 0 aromatic heterocycles. The zero-order valence-electron chi connectivity index (χ0n) is 7.69. The first-order chi connectivity index (χ1) is 6.75. The summed E-state index contributed by atoms with van der Waals surface area (Å²) in [5.41, 5.74) is 1.02. The van der Waals surface area contributed by atoms with Gasteiger partial charge in [0.2, 0.25) is 0 Å². The standard InChI is InChI=1S/C10H12BrClN2/c11-7-1-2-10(9(12)5-7)14-8-3-4-13-6-8/h1-2,5,8,13-14H,3-4,6H2. The molecule has 1 fully saturated rings. The van der Waals surface area contributed by atoms with Gasteiger partial charge >= 0.3 is 0 Å². The van der Waals surface area contributed by atoms with Crippen LogP contribution in [0.3, 0.4) is 0 Å². The van der Waals surface area contributed by atoms with Crippen LogP contribution in [0.25, 0.3) is 0 Å². The van der Waals surface area contributed by atoms with Crippen LogP contribution < -0.4 is 10.6 Å². The molecule has 76 valence electrons. The van der Waals surface area contributed by atoms with Crippen molar-refractivity contribution >= 4 is 33.2 Å². The van der Waals surface area contributed by atoms with E-state index < -0.39 is 0 Å². The van der Waals surface area contributed by atoms with E-state index in [0.29, 0.717) is 6.04 Å². The molecule has 0 aliphatic carbocycles. The summed E-state index contributed by atoms with van der Waals surface area (Å²) >= 11 is 9.48. The monoisotopic (exact) mass is 274 g/mol. The molecular formula is C10H12BrClN2. The van der Waals surface area contributed by atoms with E-state index in [9.17, 15) is 0 Å². The van der Waals surface area contributed by atoms with Crippen LogP contribution in [0.15, 0.2) is 22.7 Å². The van der Waals surface area contributed by atoms with Crippen molar-refractivity contribution in [1.29, 1.82) is 0 Å². The maximum Gasteiger partial charge on any atom is 0.0648 e. The molecule has 0 saturated carbocycles. The molecule has 2 nitrogen and oxygen atoms in total. The molecule has 4 heteroatoms. The van der Waals surface area contributed by atoms with E-state index in [1.165, 1.54) is 0 Å². The molecule has 1 aromatic carbocycles. The van der Waals surface area contributed by atoms with Gasteiger partial charge in [-0.2, -0.15) is 0 Å². The van der Waals surface area contributed by atoms with E-state index in [1.54, 1.807) is 0 Å². The number of rotatable bonds is 2. The molecule has 1 unspecified atom stereocenters. The molecule has 0 amide bonds. The Morgan fingerprint density at radius 2 is 2.36 bits per heavy atom. The molecule has 1 aliphatic heterocycles. The maximum atomic E-state index is 6.10. The van der Waals surface area contributed by atoms with Crippen LogP contribution in [0.2, 0.25) is 5.02 Å². The molecule has 1 atom stereocenters. The van der Waals surface area contributed by atoms with Crippen molar-refractivity contribution in [3.63, 3.8) is 0 Å². The van der Waals surface area contributed by atoms with Crippen LogP contribution in [0.5, 0.6) is 0 Å². The third kappa shape index (κ3) is 2.41. The highest BCUT2D eigenvalue weighted by atomic mass is 79.9. The molecule has 2 rings (SSSR count).